The van der Waals surface area contributed by atoms with Crippen LogP contribution < -0.4 is 0 Å². The maximum Gasteiger partial charge on any atom is 0.116 e. The van der Waals surface area contributed by atoms with Crippen molar-refractivity contribution < 1.29 is 5.11 Å². The Hall–Kier alpha value is -3.24. The molecule has 1 aromatic heterocycles. The zero-order valence-electron chi connectivity index (χ0n) is 11.8. The second-order valence-corrected chi connectivity index (χ2v) is 5.13. The highest BCUT2D eigenvalue weighted by molar-refractivity contribution is 5.97. The van der Waals surface area contributed by atoms with Crippen LogP contribution in [0.3, 0.4) is 0 Å². The van der Waals surface area contributed by atoms with Crippen molar-refractivity contribution in [3.8, 4) is 17.9 Å². The Bertz CT molecular complexity index is 914. The molecule has 0 fully saturated rings. The maximum absolute atomic E-state index is 9.64. The fourth-order valence-corrected chi connectivity index (χ4v) is 2.60. The molecule has 0 atom stereocenters. The van der Waals surface area contributed by atoms with Crippen LogP contribution in [0.5, 0.6) is 5.75 Å². The maximum atomic E-state index is 9.64. The molecule has 0 amide bonds. The molecule has 2 N–H and O–H groups in total. The molecule has 22 heavy (non-hydrogen) atoms. The quantitative estimate of drug-likeness (QED) is 0.820. The Morgan fingerprint density at radius 3 is 2.95 bits per heavy atom. The number of nitriles is 2. The van der Waals surface area contributed by atoms with Gasteiger partial charge in [-0.1, -0.05) is 6.08 Å². The van der Waals surface area contributed by atoms with Crippen molar-refractivity contribution in [1.82, 2.24) is 4.98 Å². The molecule has 106 valence electrons. The number of aromatic hydroxyl groups is 1. The average Bonchev–Trinajstić information content (AvgIpc) is 2.95. The zero-order valence-corrected chi connectivity index (χ0v) is 11.8. The number of fused-ring (bicyclic) bond motifs is 1. The Morgan fingerprint density at radius 1 is 1.32 bits per heavy atom. The number of nitrogens with zero attached hydrogens (tertiary/aromatic N) is 2. The first kappa shape index (κ1) is 13.7. The molecule has 3 rings (SSSR count). The lowest BCUT2D eigenvalue weighted by Gasteiger charge is -2.07. The predicted molar refractivity (Wildman–Crippen MR) is 84.6 cm³/mol. The summed E-state index contributed by atoms with van der Waals surface area (Å²) in [5.41, 5.74) is 3.73. The topological polar surface area (TPSA) is 83.6 Å². The SMILES string of the molecule is N#CC1=CCCC(/C=C(\C#N)c2c[nH]c3ccc(O)cc23)=C1. The number of hydrogen-bond donors (Lipinski definition) is 2. The lowest BCUT2D eigenvalue weighted by atomic mass is 9.96. The van der Waals surface area contributed by atoms with Crippen LogP contribution in [0.1, 0.15) is 18.4 Å². The molecule has 2 aromatic rings. The number of benzene rings is 1. The van der Waals surface area contributed by atoms with Gasteiger partial charge in [0.2, 0.25) is 0 Å². The van der Waals surface area contributed by atoms with Gasteiger partial charge in [-0.15, -0.1) is 0 Å². The molecule has 0 radical (unpaired) electrons. The summed E-state index contributed by atoms with van der Waals surface area (Å²) in [5.74, 6) is 0.164. The molecule has 0 unspecified atom stereocenters. The number of allylic oxidation sites excluding steroid dienone is 6. The number of rotatable bonds is 2. The first-order valence-corrected chi connectivity index (χ1v) is 6.94. The van der Waals surface area contributed by atoms with Crippen molar-refractivity contribution in [3.05, 3.63) is 59.3 Å². The standard InChI is InChI=1S/C18H13N3O/c19-9-13-3-1-2-12(6-13)7-14(10-20)17-11-21-18-5-4-15(22)8-16(17)18/h3-8,11,21-22H,1-2H2/b14-7+. The number of nitrogens with one attached hydrogen (secondary N) is 1. The van der Waals surface area contributed by atoms with Gasteiger partial charge in [0.1, 0.15) is 5.75 Å². The van der Waals surface area contributed by atoms with Gasteiger partial charge in [-0.3, -0.25) is 0 Å². The number of phenolic OH excluding ortho intramolecular Hbond substituents is 1. The van der Waals surface area contributed by atoms with Gasteiger partial charge in [-0.2, -0.15) is 10.5 Å². The van der Waals surface area contributed by atoms with Crippen LogP contribution in [0.15, 0.2) is 53.8 Å². The largest absolute Gasteiger partial charge is 0.508 e. The molecule has 0 saturated heterocycles. The third-order valence-electron chi connectivity index (χ3n) is 3.67. The van der Waals surface area contributed by atoms with Crippen molar-refractivity contribution in [3.63, 3.8) is 0 Å². The Kier molecular flexibility index (Phi) is 3.52. The average molecular weight is 287 g/mol. The van der Waals surface area contributed by atoms with Crippen molar-refractivity contribution >= 4 is 16.5 Å². The second kappa shape index (κ2) is 5.63. The molecule has 0 aliphatic heterocycles. The first-order valence-electron chi connectivity index (χ1n) is 6.94. The Morgan fingerprint density at radius 2 is 2.18 bits per heavy atom. The number of hydrogen-bond acceptors (Lipinski definition) is 3. The summed E-state index contributed by atoms with van der Waals surface area (Å²) in [4.78, 5) is 3.10. The van der Waals surface area contributed by atoms with Crippen LogP contribution in [0.25, 0.3) is 16.5 Å². The van der Waals surface area contributed by atoms with Crippen LogP contribution in [0.4, 0.5) is 0 Å². The van der Waals surface area contributed by atoms with E-state index in [9.17, 15) is 10.4 Å². The minimum Gasteiger partial charge on any atom is -0.508 e. The molecule has 4 heteroatoms. The van der Waals surface area contributed by atoms with Gasteiger partial charge in [0.05, 0.1) is 17.7 Å². The Labute approximate surface area is 127 Å². The normalized spacial score (nSPS) is 14.9. The van der Waals surface area contributed by atoms with Crippen LogP contribution in [0.2, 0.25) is 0 Å². The molecule has 4 nitrogen and oxygen atoms in total. The summed E-state index contributed by atoms with van der Waals surface area (Å²) in [7, 11) is 0. The van der Waals surface area contributed by atoms with Crippen molar-refractivity contribution in [2.75, 3.05) is 0 Å². The third kappa shape index (κ3) is 2.51. The molecular weight excluding hydrogens is 274 g/mol. The van der Waals surface area contributed by atoms with Gasteiger partial charge >= 0.3 is 0 Å². The predicted octanol–water partition coefficient (Wildman–Crippen LogP) is 3.95. The highest BCUT2D eigenvalue weighted by atomic mass is 16.3. The number of H-pyrrole nitrogens is 1. The fourth-order valence-electron chi connectivity index (χ4n) is 2.60. The molecule has 1 aliphatic rings. The van der Waals surface area contributed by atoms with Crippen molar-refractivity contribution in [2.24, 2.45) is 0 Å². The zero-order chi connectivity index (χ0) is 15.5. The lowest BCUT2D eigenvalue weighted by Crippen LogP contribution is -1.90. The van der Waals surface area contributed by atoms with Gasteiger partial charge in [0.15, 0.2) is 0 Å². The molecule has 0 bridgehead atoms. The van der Waals surface area contributed by atoms with E-state index in [0.717, 1.165) is 34.9 Å². The fraction of sp³-hybridized carbons (Fsp3) is 0.111. The molecule has 1 aliphatic carbocycles. The van der Waals surface area contributed by atoms with Crippen LogP contribution in [-0.4, -0.2) is 10.1 Å². The van der Waals surface area contributed by atoms with E-state index in [1.54, 1.807) is 24.4 Å². The molecular formula is C18H13N3O. The summed E-state index contributed by atoms with van der Waals surface area (Å²) in [5, 5.41) is 28.9. The summed E-state index contributed by atoms with van der Waals surface area (Å²) < 4.78 is 0. The van der Waals surface area contributed by atoms with Gasteiger partial charge in [0, 0.05) is 28.2 Å². The van der Waals surface area contributed by atoms with Crippen molar-refractivity contribution in [1.29, 1.82) is 10.5 Å². The number of aromatic amines is 1. The second-order valence-electron chi connectivity index (χ2n) is 5.13. The molecule has 1 heterocycles. The summed E-state index contributed by atoms with van der Waals surface area (Å²) >= 11 is 0. The summed E-state index contributed by atoms with van der Waals surface area (Å²) in [6.45, 7) is 0. The van der Waals surface area contributed by atoms with E-state index in [1.807, 2.05) is 18.2 Å². The van der Waals surface area contributed by atoms with E-state index in [4.69, 9.17) is 5.26 Å². The van der Waals surface area contributed by atoms with E-state index in [0.29, 0.717) is 11.1 Å². The minimum atomic E-state index is 0.164. The highest BCUT2D eigenvalue weighted by Gasteiger charge is 2.11. The summed E-state index contributed by atoms with van der Waals surface area (Å²) in [6.07, 6.45) is 8.91. The summed E-state index contributed by atoms with van der Waals surface area (Å²) in [6, 6.07) is 9.36. The first-order chi connectivity index (χ1) is 10.7. The minimum absolute atomic E-state index is 0.164. The van der Waals surface area contributed by atoms with Gasteiger partial charge < -0.3 is 10.1 Å². The third-order valence-corrected chi connectivity index (χ3v) is 3.67. The van der Waals surface area contributed by atoms with Gasteiger partial charge in [-0.05, 0) is 48.8 Å². The van der Waals surface area contributed by atoms with Crippen molar-refractivity contribution in [2.45, 2.75) is 12.8 Å². The van der Waals surface area contributed by atoms with Crippen LogP contribution in [-0.2, 0) is 0 Å². The van der Waals surface area contributed by atoms with Gasteiger partial charge in [-0.25, -0.2) is 0 Å². The van der Waals surface area contributed by atoms with Crippen LogP contribution >= 0.6 is 0 Å². The number of phenols is 1. The van der Waals surface area contributed by atoms with E-state index < -0.39 is 0 Å². The van der Waals surface area contributed by atoms with E-state index in [2.05, 4.69) is 17.1 Å². The smallest absolute Gasteiger partial charge is 0.116 e. The molecule has 0 spiro atoms. The monoisotopic (exact) mass is 287 g/mol. The van der Waals surface area contributed by atoms with Crippen LogP contribution in [0, 0.1) is 22.7 Å². The van der Waals surface area contributed by atoms with Gasteiger partial charge in [0.25, 0.3) is 0 Å². The lowest BCUT2D eigenvalue weighted by molar-refractivity contribution is 0.476. The molecule has 1 aromatic carbocycles. The Balaban J connectivity index is 2.08. The molecule has 0 saturated carbocycles. The van der Waals surface area contributed by atoms with E-state index in [1.165, 1.54) is 0 Å². The van der Waals surface area contributed by atoms with E-state index >= 15 is 0 Å². The number of aromatic nitrogens is 1. The van der Waals surface area contributed by atoms with E-state index in [-0.39, 0.29) is 5.75 Å². The highest BCUT2D eigenvalue weighted by Crippen LogP contribution is 2.29.